The van der Waals surface area contributed by atoms with Crippen molar-refractivity contribution in [2.24, 2.45) is 0 Å². The van der Waals surface area contributed by atoms with E-state index < -0.39 is 0 Å². The summed E-state index contributed by atoms with van der Waals surface area (Å²) in [6.45, 7) is 1.33. The molecule has 1 aliphatic rings. The second-order valence-corrected chi connectivity index (χ2v) is 6.73. The van der Waals surface area contributed by atoms with E-state index in [1.165, 1.54) is 0 Å². The number of Topliss-reactive ketones (excluding diaryl/α,β-unsaturated/α-hetero) is 1. The lowest BCUT2D eigenvalue weighted by molar-refractivity contribution is -0.112. The molecule has 0 radical (unpaired) electrons. The quantitative estimate of drug-likeness (QED) is 0.567. The van der Waals surface area contributed by atoms with Crippen LogP contribution in [0.15, 0.2) is 35.9 Å². The molecule has 2 heterocycles. The van der Waals surface area contributed by atoms with Crippen molar-refractivity contribution in [3.63, 3.8) is 0 Å². The van der Waals surface area contributed by atoms with E-state index in [4.69, 9.17) is 23.2 Å². The number of aromatic nitrogens is 4. The van der Waals surface area contributed by atoms with Crippen molar-refractivity contribution in [1.29, 1.82) is 0 Å². The first-order chi connectivity index (χ1) is 12.2. The largest absolute Gasteiger partial charge is 0.289 e. The van der Waals surface area contributed by atoms with Gasteiger partial charge in [0, 0.05) is 46.4 Å². The molecule has 1 saturated carbocycles. The van der Waals surface area contributed by atoms with Crippen LogP contribution in [-0.4, -0.2) is 37.1 Å². The Morgan fingerprint density at radius 3 is 1.84 bits per heavy atom. The fourth-order valence-corrected chi connectivity index (χ4v) is 3.25. The van der Waals surface area contributed by atoms with Crippen LogP contribution in [0.3, 0.4) is 0 Å². The minimum atomic E-state index is 0.112. The molecule has 2 aromatic heterocycles. The average molecular weight is 379 g/mol. The summed E-state index contributed by atoms with van der Waals surface area (Å²) < 4.78 is 3.57. The van der Waals surface area contributed by atoms with Gasteiger partial charge >= 0.3 is 0 Å². The number of carbonyl (C=O) groups excluding carboxylic acids is 1. The van der Waals surface area contributed by atoms with Gasteiger partial charge in [-0.15, -0.1) is 23.2 Å². The second-order valence-electron chi connectivity index (χ2n) is 5.97. The van der Waals surface area contributed by atoms with E-state index in [-0.39, 0.29) is 5.78 Å². The molecule has 0 N–H and O–H groups in total. The zero-order chi connectivity index (χ0) is 17.6. The summed E-state index contributed by atoms with van der Waals surface area (Å²) in [5.41, 5.74) is 3.53. The number of carbonyl (C=O) groups is 1. The predicted octanol–water partition coefficient (Wildman–Crippen LogP) is 3.78. The predicted molar refractivity (Wildman–Crippen MR) is 101 cm³/mol. The highest BCUT2D eigenvalue weighted by atomic mass is 35.5. The van der Waals surface area contributed by atoms with Gasteiger partial charge in [-0.1, -0.05) is 0 Å². The first-order valence-electron chi connectivity index (χ1n) is 8.32. The molecule has 0 atom stereocenters. The Balaban J connectivity index is 1.77. The highest BCUT2D eigenvalue weighted by Gasteiger charge is 2.20. The number of hydrogen-bond donors (Lipinski definition) is 0. The van der Waals surface area contributed by atoms with Gasteiger partial charge in [-0.25, -0.2) is 0 Å². The van der Waals surface area contributed by atoms with Gasteiger partial charge < -0.3 is 0 Å². The molecule has 0 spiro atoms. The van der Waals surface area contributed by atoms with Crippen LogP contribution in [0.25, 0.3) is 12.2 Å². The van der Waals surface area contributed by atoms with Crippen molar-refractivity contribution in [2.45, 2.75) is 32.4 Å². The van der Waals surface area contributed by atoms with Crippen molar-refractivity contribution >= 4 is 41.1 Å². The van der Waals surface area contributed by atoms with Gasteiger partial charge in [-0.05, 0) is 31.4 Å². The summed E-state index contributed by atoms with van der Waals surface area (Å²) in [5.74, 6) is 1.14. The first kappa shape index (κ1) is 18.0. The first-order valence-corrected chi connectivity index (χ1v) is 9.39. The van der Waals surface area contributed by atoms with Crippen LogP contribution in [0.1, 0.15) is 30.4 Å². The second kappa shape index (κ2) is 8.50. The van der Waals surface area contributed by atoms with Crippen molar-refractivity contribution < 1.29 is 4.79 Å². The maximum atomic E-state index is 12.8. The van der Waals surface area contributed by atoms with E-state index in [0.717, 1.165) is 41.5 Å². The third kappa shape index (κ3) is 4.61. The van der Waals surface area contributed by atoms with E-state index >= 15 is 0 Å². The fraction of sp³-hybridized carbons (Fsp3) is 0.389. The van der Waals surface area contributed by atoms with E-state index in [1.807, 2.05) is 24.5 Å². The lowest BCUT2D eigenvalue weighted by Gasteiger charge is -2.16. The number of hydrogen-bond acceptors (Lipinski definition) is 3. The van der Waals surface area contributed by atoms with Crippen LogP contribution in [0.5, 0.6) is 0 Å². The van der Waals surface area contributed by atoms with Crippen LogP contribution in [0, 0.1) is 0 Å². The van der Waals surface area contributed by atoms with E-state index in [9.17, 15) is 4.79 Å². The molecule has 2 aromatic rings. The van der Waals surface area contributed by atoms with Crippen molar-refractivity contribution in [3.8, 4) is 0 Å². The van der Waals surface area contributed by atoms with Crippen LogP contribution >= 0.6 is 23.2 Å². The summed E-state index contributed by atoms with van der Waals surface area (Å²) in [5, 5.41) is 8.49. The standard InChI is InChI=1S/C18H20Cl2N4O/c19-4-6-23-12-14(10-21-23)8-16-2-1-3-17(18(16)25)9-15-11-22-24(13-15)7-5-20/h8-13H,1-7H2. The number of allylic oxidation sites excluding steroid dienone is 2. The molecule has 0 aliphatic heterocycles. The summed E-state index contributed by atoms with van der Waals surface area (Å²) in [7, 11) is 0. The monoisotopic (exact) mass is 378 g/mol. The number of ketones is 1. The Morgan fingerprint density at radius 2 is 1.40 bits per heavy atom. The van der Waals surface area contributed by atoms with Crippen LogP contribution < -0.4 is 0 Å². The Labute approximate surface area is 156 Å². The van der Waals surface area contributed by atoms with Gasteiger partial charge in [-0.2, -0.15) is 10.2 Å². The average Bonchev–Trinajstić information content (AvgIpc) is 3.22. The molecule has 0 bridgehead atoms. The topological polar surface area (TPSA) is 52.7 Å². The molecular formula is C18H20Cl2N4O. The van der Waals surface area contributed by atoms with Crippen LogP contribution in [0.2, 0.25) is 0 Å². The van der Waals surface area contributed by atoms with Gasteiger partial charge in [0.1, 0.15) is 0 Å². The number of halogens is 2. The van der Waals surface area contributed by atoms with E-state index in [1.54, 1.807) is 21.8 Å². The van der Waals surface area contributed by atoms with Crippen molar-refractivity contribution in [2.75, 3.05) is 11.8 Å². The third-order valence-electron chi connectivity index (χ3n) is 4.09. The summed E-state index contributed by atoms with van der Waals surface area (Å²) >= 11 is 11.5. The highest BCUT2D eigenvalue weighted by Crippen LogP contribution is 2.27. The molecule has 0 aromatic carbocycles. The normalized spacial score (nSPS) is 18.4. The van der Waals surface area contributed by atoms with Gasteiger partial charge in [0.2, 0.25) is 0 Å². The Kier molecular flexibility index (Phi) is 6.10. The fourth-order valence-electron chi connectivity index (χ4n) is 2.91. The van der Waals surface area contributed by atoms with Gasteiger partial charge in [0.15, 0.2) is 5.78 Å². The molecule has 25 heavy (non-hydrogen) atoms. The minimum Gasteiger partial charge on any atom is -0.289 e. The van der Waals surface area contributed by atoms with Crippen molar-refractivity contribution in [1.82, 2.24) is 19.6 Å². The van der Waals surface area contributed by atoms with Gasteiger partial charge in [0.05, 0.1) is 25.5 Å². The van der Waals surface area contributed by atoms with E-state index in [0.29, 0.717) is 24.8 Å². The van der Waals surface area contributed by atoms with Gasteiger partial charge in [0.25, 0.3) is 0 Å². The molecule has 3 rings (SSSR count). The zero-order valence-corrected chi connectivity index (χ0v) is 15.4. The molecule has 132 valence electrons. The Bertz CT molecular complexity index is 739. The van der Waals surface area contributed by atoms with E-state index in [2.05, 4.69) is 10.2 Å². The van der Waals surface area contributed by atoms with Crippen LogP contribution in [0.4, 0.5) is 0 Å². The van der Waals surface area contributed by atoms with Crippen molar-refractivity contribution in [3.05, 3.63) is 47.1 Å². The molecule has 0 unspecified atom stereocenters. The smallest absolute Gasteiger partial charge is 0.185 e. The summed E-state index contributed by atoms with van der Waals surface area (Å²) in [6, 6.07) is 0. The molecule has 0 saturated heterocycles. The number of nitrogens with zero attached hydrogens (tertiary/aromatic N) is 4. The molecule has 7 heteroatoms. The van der Waals surface area contributed by atoms with Gasteiger partial charge in [-0.3, -0.25) is 14.2 Å². The Morgan fingerprint density at radius 1 is 0.920 bits per heavy atom. The number of rotatable bonds is 6. The highest BCUT2D eigenvalue weighted by molar-refractivity contribution is 6.18. The van der Waals surface area contributed by atoms with Crippen LogP contribution in [-0.2, 0) is 17.9 Å². The lowest BCUT2D eigenvalue weighted by atomic mass is 9.87. The zero-order valence-electron chi connectivity index (χ0n) is 13.9. The summed E-state index contributed by atoms with van der Waals surface area (Å²) in [4.78, 5) is 12.8. The number of alkyl halides is 2. The molecule has 1 fully saturated rings. The molecule has 1 aliphatic carbocycles. The SMILES string of the molecule is O=C1C(=Cc2cnn(CCCl)c2)CCCC1=Cc1cnn(CCCl)c1. The summed E-state index contributed by atoms with van der Waals surface area (Å²) in [6.07, 6.45) is 13.8. The molecule has 0 amide bonds. The number of aryl methyl sites for hydroxylation is 2. The lowest BCUT2D eigenvalue weighted by Crippen LogP contribution is -2.12. The molecule has 5 nitrogen and oxygen atoms in total. The Hall–Kier alpha value is -1.85. The minimum absolute atomic E-state index is 0.112. The molecular weight excluding hydrogens is 359 g/mol. The third-order valence-corrected chi connectivity index (χ3v) is 4.43. The maximum absolute atomic E-state index is 12.8. The maximum Gasteiger partial charge on any atom is 0.185 e.